The number of amides is 1. The molecule has 2 aromatic rings. The number of hydrogen-bond acceptors (Lipinski definition) is 4. The lowest BCUT2D eigenvalue weighted by Gasteiger charge is -2.12. The topological polar surface area (TPSA) is 66.9 Å². The fraction of sp³-hybridized carbons (Fsp3) is 0.316. The summed E-state index contributed by atoms with van der Waals surface area (Å²) in [4.78, 5) is 12.1. The molecule has 1 aliphatic carbocycles. The van der Waals surface area contributed by atoms with E-state index in [1.54, 1.807) is 24.3 Å². The van der Waals surface area contributed by atoms with Crippen molar-refractivity contribution in [1.82, 2.24) is 15.5 Å². The predicted octanol–water partition coefficient (Wildman–Crippen LogP) is 3.98. The van der Waals surface area contributed by atoms with Gasteiger partial charge in [0.2, 0.25) is 0 Å². The van der Waals surface area contributed by atoms with Crippen LogP contribution in [0.3, 0.4) is 0 Å². The third-order valence-electron chi connectivity index (χ3n) is 4.13. The molecule has 1 aromatic carbocycles. The maximum absolute atomic E-state index is 12.9. The van der Waals surface area contributed by atoms with Crippen molar-refractivity contribution in [1.29, 1.82) is 0 Å². The van der Waals surface area contributed by atoms with Gasteiger partial charge in [-0.1, -0.05) is 11.6 Å². The number of allylic oxidation sites excluding steroid dienone is 1. The zero-order valence-corrected chi connectivity index (χ0v) is 14.0. The molecule has 0 saturated carbocycles. The van der Waals surface area contributed by atoms with Crippen LogP contribution in [-0.2, 0) is 0 Å². The van der Waals surface area contributed by atoms with E-state index in [-0.39, 0.29) is 17.4 Å². The number of carbonyl (C=O) groups is 1. The van der Waals surface area contributed by atoms with Gasteiger partial charge in [-0.2, -0.15) is 0 Å². The van der Waals surface area contributed by atoms with E-state index in [0.29, 0.717) is 18.1 Å². The zero-order valence-electron chi connectivity index (χ0n) is 14.0. The summed E-state index contributed by atoms with van der Waals surface area (Å²) in [6.07, 6.45) is 7.98. The second-order valence-electron chi connectivity index (χ2n) is 6.05. The Morgan fingerprint density at radius 3 is 2.60 bits per heavy atom. The first-order valence-corrected chi connectivity index (χ1v) is 8.53. The van der Waals surface area contributed by atoms with Gasteiger partial charge in [-0.15, -0.1) is 10.2 Å². The minimum Gasteiger partial charge on any atom is -0.350 e. The molecule has 0 saturated heterocycles. The molecule has 3 rings (SSSR count). The van der Waals surface area contributed by atoms with Crippen LogP contribution in [-0.4, -0.2) is 22.6 Å². The van der Waals surface area contributed by atoms with Gasteiger partial charge in [0.1, 0.15) is 5.82 Å². The van der Waals surface area contributed by atoms with Crippen molar-refractivity contribution in [3.8, 4) is 0 Å². The maximum Gasteiger partial charge on any atom is 0.271 e. The number of benzene rings is 1. The number of hydrogen-bond donors (Lipinski definition) is 2. The van der Waals surface area contributed by atoms with Crippen LogP contribution < -0.4 is 10.6 Å². The van der Waals surface area contributed by atoms with Crippen molar-refractivity contribution in [3.05, 3.63) is 59.6 Å². The van der Waals surface area contributed by atoms with Crippen molar-refractivity contribution in [3.63, 3.8) is 0 Å². The molecule has 0 spiro atoms. The summed E-state index contributed by atoms with van der Waals surface area (Å²) in [6.45, 7) is 0.613. The predicted molar refractivity (Wildman–Crippen MR) is 95.2 cm³/mol. The Labute approximate surface area is 146 Å². The molecule has 25 heavy (non-hydrogen) atoms. The van der Waals surface area contributed by atoms with Crippen molar-refractivity contribution in [2.45, 2.75) is 32.1 Å². The average Bonchev–Trinajstić information content (AvgIpc) is 2.65. The minimum atomic E-state index is -0.298. The molecular formula is C19H21FN4O. The number of nitrogens with zero attached hydrogens (tertiary/aromatic N) is 2. The van der Waals surface area contributed by atoms with Crippen molar-refractivity contribution < 1.29 is 9.18 Å². The molecule has 0 radical (unpaired) electrons. The Morgan fingerprint density at radius 1 is 1.08 bits per heavy atom. The summed E-state index contributed by atoms with van der Waals surface area (Å²) in [5.41, 5.74) is 2.41. The van der Waals surface area contributed by atoms with E-state index in [1.807, 2.05) is 0 Å². The summed E-state index contributed by atoms with van der Waals surface area (Å²) in [5, 5.41) is 13.8. The van der Waals surface area contributed by atoms with Crippen LogP contribution in [0.4, 0.5) is 15.9 Å². The molecule has 0 atom stereocenters. The standard InChI is InChI=1S/C19H21FN4O/c20-15-6-8-16(9-7-15)22-18-11-10-17(23-24-18)19(25)21-13-12-14-4-2-1-3-5-14/h4,6-11H,1-3,5,12-13H2,(H,21,25)(H,22,24). The van der Waals surface area contributed by atoms with E-state index in [9.17, 15) is 9.18 Å². The zero-order chi connectivity index (χ0) is 17.5. The largest absolute Gasteiger partial charge is 0.350 e. The fourth-order valence-electron chi connectivity index (χ4n) is 2.76. The molecule has 130 valence electrons. The lowest BCUT2D eigenvalue weighted by atomic mass is 9.97. The van der Waals surface area contributed by atoms with Crippen LogP contribution in [0.25, 0.3) is 0 Å². The van der Waals surface area contributed by atoms with E-state index in [1.165, 1.54) is 30.5 Å². The van der Waals surface area contributed by atoms with Gasteiger partial charge < -0.3 is 10.6 Å². The summed E-state index contributed by atoms with van der Waals surface area (Å²) in [5.74, 6) is -0.0274. The van der Waals surface area contributed by atoms with Crippen LogP contribution in [0.1, 0.15) is 42.6 Å². The number of aromatic nitrogens is 2. The molecule has 6 heteroatoms. The van der Waals surface area contributed by atoms with E-state index >= 15 is 0 Å². The third kappa shape index (κ3) is 5.11. The van der Waals surface area contributed by atoms with Gasteiger partial charge in [0.25, 0.3) is 5.91 Å². The number of halogens is 1. The van der Waals surface area contributed by atoms with Crippen molar-refractivity contribution >= 4 is 17.4 Å². The first-order valence-electron chi connectivity index (χ1n) is 8.53. The van der Waals surface area contributed by atoms with E-state index < -0.39 is 0 Å². The quantitative estimate of drug-likeness (QED) is 0.781. The maximum atomic E-state index is 12.9. The highest BCUT2D eigenvalue weighted by atomic mass is 19.1. The minimum absolute atomic E-state index is 0.225. The van der Waals surface area contributed by atoms with Crippen LogP contribution in [0.5, 0.6) is 0 Å². The Hall–Kier alpha value is -2.76. The van der Waals surface area contributed by atoms with Gasteiger partial charge in [-0.05, 0) is 68.5 Å². The lowest BCUT2D eigenvalue weighted by molar-refractivity contribution is 0.0948. The van der Waals surface area contributed by atoms with Gasteiger partial charge in [0.05, 0.1) is 0 Å². The Kier molecular flexibility index (Phi) is 5.72. The second kappa shape index (κ2) is 8.37. The van der Waals surface area contributed by atoms with Crippen LogP contribution in [0.2, 0.25) is 0 Å². The van der Waals surface area contributed by atoms with Crippen molar-refractivity contribution in [2.24, 2.45) is 0 Å². The van der Waals surface area contributed by atoms with Gasteiger partial charge in [0, 0.05) is 12.2 Å². The molecule has 1 aliphatic rings. The molecule has 1 heterocycles. The van der Waals surface area contributed by atoms with Gasteiger partial charge in [-0.25, -0.2) is 4.39 Å². The normalized spacial score (nSPS) is 13.9. The monoisotopic (exact) mass is 340 g/mol. The first-order chi connectivity index (χ1) is 12.2. The highest BCUT2D eigenvalue weighted by molar-refractivity contribution is 5.92. The smallest absolute Gasteiger partial charge is 0.271 e. The summed E-state index contributed by atoms with van der Waals surface area (Å²) in [7, 11) is 0. The summed E-state index contributed by atoms with van der Waals surface area (Å²) < 4.78 is 12.9. The van der Waals surface area contributed by atoms with Crippen LogP contribution in [0.15, 0.2) is 48.0 Å². The number of rotatable bonds is 6. The van der Waals surface area contributed by atoms with Crippen LogP contribution in [0, 0.1) is 5.82 Å². The van der Waals surface area contributed by atoms with E-state index in [2.05, 4.69) is 26.9 Å². The number of nitrogens with one attached hydrogen (secondary N) is 2. The molecule has 0 aliphatic heterocycles. The fourth-order valence-corrected chi connectivity index (χ4v) is 2.76. The Bertz CT molecular complexity index is 741. The van der Waals surface area contributed by atoms with Gasteiger partial charge in [-0.3, -0.25) is 4.79 Å². The molecule has 1 aromatic heterocycles. The van der Waals surface area contributed by atoms with Crippen molar-refractivity contribution in [2.75, 3.05) is 11.9 Å². The molecular weight excluding hydrogens is 319 g/mol. The van der Waals surface area contributed by atoms with Gasteiger partial charge >= 0.3 is 0 Å². The molecule has 0 unspecified atom stereocenters. The SMILES string of the molecule is O=C(NCCC1=CCCCC1)c1ccc(Nc2ccc(F)cc2)nn1. The Morgan fingerprint density at radius 2 is 1.92 bits per heavy atom. The molecule has 5 nitrogen and oxygen atoms in total. The van der Waals surface area contributed by atoms with E-state index in [4.69, 9.17) is 0 Å². The molecule has 2 N–H and O–H groups in total. The molecule has 0 bridgehead atoms. The second-order valence-corrected chi connectivity index (χ2v) is 6.05. The number of carbonyl (C=O) groups excluding carboxylic acids is 1. The highest BCUT2D eigenvalue weighted by Gasteiger charge is 2.09. The number of anilines is 2. The van der Waals surface area contributed by atoms with E-state index in [0.717, 1.165) is 19.3 Å². The summed E-state index contributed by atoms with van der Waals surface area (Å²) in [6, 6.07) is 9.23. The van der Waals surface area contributed by atoms with Crippen LogP contribution >= 0.6 is 0 Å². The summed E-state index contributed by atoms with van der Waals surface area (Å²) >= 11 is 0. The van der Waals surface area contributed by atoms with Gasteiger partial charge in [0.15, 0.2) is 11.5 Å². The first kappa shape index (κ1) is 17.1. The highest BCUT2D eigenvalue weighted by Crippen LogP contribution is 2.19. The Balaban J connectivity index is 1.49. The third-order valence-corrected chi connectivity index (χ3v) is 4.13. The molecule has 1 amide bonds. The lowest BCUT2D eigenvalue weighted by Crippen LogP contribution is -2.26. The molecule has 0 fully saturated rings. The average molecular weight is 340 g/mol.